The highest BCUT2D eigenvalue weighted by Crippen LogP contribution is 2.41. The Morgan fingerprint density at radius 1 is 1.12 bits per heavy atom. The summed E-state index contributed by atoms with van der Waals surface area (Å²) in [5, 5.41) is 11.8. The summed E-state index contributed by atoms with van der Waals surface area (Å²) in [6.07, 6.45) is 4.58. The van der Waals surface area contributed by atoms with Crippen LogP contribution in [0.15, 0.2) is 67.1 Å². The Hall–Kier alpha value is -3.89. The molecule has 10 heteroatoms. The summed E-state index contributed by atoms with van der Waals surface area (Å²) in [6.45, 7) is 1.99. The number of rotatable bonds is 9. The number of thiophene rings is 1. The lowest BCUT2D eigenvalue weighted by Gasteiger charge is -2.11. The molecule has 0 atom stereocenters. The van der Waals surface area contributed by atoms with Crippen LogP contribution in [0.25, 0.3) is 31.8 Å². The largest absolute Gasteiger partial charge is 0.492 e. The molecule has 5 rings (SSSR count). The van der Waals surface area contributed by atoms with Gasteiger partial charge in [0.25, 0.3) is 0 Å². The van der Waals surface area contributed by atoms with Crippen molar-refractivity contribution in [1.29, 1.82) is 0 Å². The third-order valence-electron chi connectivity index (χ3n) is 5.17. The van der Waals surface area contributed by atoms with E-state index in [1.807, 2.05) is 48.5 Å². The average molecular weight is 476 g/mol. The van der Waals surface area contributed by atoms with Crippen LogP contribution >= 0.6 is 11.3 Å². The van der Waals surface area contributed by atoms with E-state index in [0.29, 0.717) is 32.2 Å². The Labute approximate surface area is 199 Å². The molecule has 0 bridgehead atoms. The third-order valence-corrected chi connectivity index (χ3v) is 6.36. The number of halogens is 1. The van der Waals surface area contributed by atoms with Crippen molar-refractivity contribution in [2.45, 2.75) is 6.54 Å². The molecule has 8 nitrogen and oxygen atoms in total. The highest BCUT2D eigenvalue weighted by molar-refractivity contribution is 7.22. The van der Waals surface area contributed by atoms with Gasteiger partial charge in [-0.05, 0) is 17.5 Å². The van der Waals surface area contributed by atoms with Crippen molar-refractivity contribution in [3.05, 3.63) is 72.9 Å². The van der Waals surface area contributed by atoms with E-state index >= 15 is 0 Å². The minimum atomic E-state index is -0.471. The zero-order chi connectivity index (χ0) is 23.3. The van der Waals surface area contributed by atoms with Crippen LogP contribution in [0, 0.1) is 5.82 Å². The Bertz CT molecular complexity index is 1400. The molecule has 172 valence electrons. The molecule has 2 aromatic carbocycles. The van der Waals surface area contributed by atoms with Gasteiger partial charge in [0.1, 0.15) is 18.1 Å². The molecular weight excluding hydrogens is 453 g/mol. The van der Waals surface area contributed by atoms with E-state index in [9.17, 15) is 4.39 Å². The highest BCUT2D eigenvalue weighted by atomic mass is 32.1. The molecule has 0 spiro atoms. The number of nitrogens with two attached hydrogens (primary N) is 1. The number of nitrogens with zero attached hydrogens (tertiary/aromatic N) is 5. The summed E-state index contributed by atoms with van der Waals surface area (Å²) in [7, 11) is 0. The van der Waals surface area contributed by atoms with Gasteiger partial charge in [-0.15, -0.1) is 16.4 Å². The lowest BCUT2D eigenvalue weighted by molar-refractivity contribution is 0.329. The second-order valence-electron chi connectivity index (χ2n) is 7.45. The van der Waals surface area contributed by atoms with E-state index in [1.165, 1.54) is 17.5 Å². The van der Waals surface area contributed by atoms with Gasteiger partial charge in [-0.2, -0.15) is 0 Å². The third kappa shape index (κ3) is 4.59. The fourth-order valence-electron chi connectivity index (χ4n) is 3.64. The van der Waals surface area contributed by atoms with Gasteiger partial charge in [0.15, 0.2) is 5.82 Å². The van der Waals surface area contributed by atoms with E-state index in [0.717, 1.165) is 31.8 Å². The maximum absolute atomic E-state index is 14.8. The van der Waals surface area contributed by atoms with Crippen LogP contribution in [0.4, 0.5) is 10.3 Å². The number of para-hydroxylation sites is 1. The second kappa shape index (κ2) is 9.94. The standard InChI is InChI=1S/C24H22FN7OS/c25-19-15-28-24(27-9-11-32-12-10-29-31-32)30-22(19)21-14-16-4-3-6-18(23(16)34-21)17-5-1-2-7-20(17)33-13-8-26/h1-7,10,12,14-15H,8-9,11,13,26H2,(H,27,28,30). The van der Waals surface area contributed by atoms with Gasteiger partial charge < -0.3 is 15.8 Å². The van der Waals surface area contributed by atoms with Crippen LogP contribution in [0.1, 0.15) is 0 Å². The summed E-state index contributed by atoms with van der Waals surface area (Å²) in [5.74, 6) is 0.652. The summed E-state index contributed by atoms with van der Waals surface area (Å²) < 4.78 is 23.3. The fourth-order valence-corrected chi connectivity index (χ4v) is 4.81. The number of anilines is 1. The molecule has 0 fully saturated rings. The van der Waals surface area contributed by atoms with Crippen molar-refractivity contribution < 1.29 is 9.13 Å². The Morgan fingerprint density at radius 2 is 2.00 bits per heavy atom. The molecular formula is C24H22FN7OS. The first-order valence-electron chi connectivity index (χ1n) is 10.8. The minimum Gasteiger partial charge on any atom is -0.492 e. The molecule has 3 heterocycles. The van der Waals surface area contributed by atoms with Crippen LogP contribution in [0.3, 0.4) is 0 Å². The monoisotopic (exact) mass is 475 g/mol. The minimum absolute atomic E-state index is 0.262. The van der Waals surface area contributed by atoms with E-state index < -0.39 is 5.82 Å². The van der Waals surface area contributed by atoms with Gasteiger partial charge in [0, 0.05) is 35.1 Å². The topological polar surface area (TPSA) is 104 Å². The molecule has 0 unspecified atom stereocenters. The number of nitrogens with one attached hydrogen (secondary N) is 1. The van der Waals surface area contributed by atoms with E-state index in [2.05, 4.69) is 25.6 Å². The molecule has 3 N–H and O–H groups in total. The average Bonchev–Trinajstić information content (AvgIpc) is 3.54. The van der Waals surface area contributed by atoms with Crippen molar-refractivity contribution in [1.82, 2.24) is 25.0 Å². The smallest absolute Gasteiger partial charge is 0.223 e. The van der Waals surface area contributed by atoms with E-state index in [4.69, 9.17) is 10.5 Å². The van der Waals surface area contributed by atoms with Crippen molar-refractivity contribution in [2.75, 3.05) is 25.0 Å². The zero-order valence-corrected chi connectivity index (χ0v) is 19.0. The first kappa shape index (κ1) is 21.9. The summed E-state index contributed by atoms with van der Waals surface area (Å²) >= 11 is 1.49. The van der Waals surface area contributed by atoms with Gasteiger partial charge in [0.05, 0.1) is 23.8 Å². The summed E-state index contributed by atoms with van der Waals surface area (Å²) in [5.41, 5.74) is 7.87. The van der Waals surface area contributed by atoms with Crippen molar-refractivity contribution >= 4 is 27.4 Å². The molecule has 0 aliphatic heterocycles. The number of fused-ring (bicyclic) bond motifs is 1. The maximum Gasteiger partial charge on any atom is 0.223 e. The van der Waals surface area contributed by atoms with Crippen LogP contribution in [-0.4, -0.2) is 44.7 Å². The number of benzene rings is 2. The molecule has 0 saturated heterocycles. The van der Waals surface area contributed by atoms with Crippen LogP contribution in [0.5, 0.6) is 5.75 Å². The van der Waals surface area contributed by atoms with Crippen LogP contribution in [-0.2, 0) is 6.54 Å². The van der Waals surface area contributed by atoms with Crippen molar-refractivity contribution in [3.63, 3.8) is 0 Å². The summed E-state index contributed by atoms with van der Waals surface area (Å²) in [4.78, 5) is 9.25. The maximum atomic E-state index is 14.8. The Balaban J connectivity index is 1.47. The molecule has 0 amide bonds. The number of ether oxygens (including phenoxy) is 1. The SMILES string of the molecule is NCCOc1ccccc1-c1cccc2cc(-c3nc(NCCn4ccnn4)ncc3F)sc12. The predicted octanol–water partition coefficient (Wildman–Crippen LogP) is 4.21. The van der Waals surface area contributed by atoms with E-state index in [-0.39, 0.29) is 5.69 Å². The molecule has 5 aromatic rings. The molecule has 0 radical (unpaired) electrons. The lowest BCUT2D eigenvalue weighted by atomic mass is 10.0. The first-order valence-corrected chi connectivity index (χ1v) is 11.6. The quantitative estimate of drug-likeness (QED) is 0.329. The fraction of sp³-hybridized carbons (Fsp3) is 0.167. The van der Waals surface area contributed by atoms with Crippen LogP contribution < -0.4 is 15.8 Å². The van der Waals surface area contributed by atoms with Gasteiger partial charge in [-0.1, -0.05) is 41.6 Å². The van der Waals surface area contributed by atoms with Gasteiger partial charge in [-0.25, -0.2) is 14.4 Å². The Morgan fingerprint density at radius 3 is 2.85 bits per heavy atom. The normalized spacial score (nSPS) is 11.1. The molecule has 34 heavy (non-hydrogen) atoms. The highest BCUT2D eigenvalue weighted by Gasteiger charge is 2.16. The molecule has 0 aliphatic rings. The number of hydrogen-bond acceptors (Lipinski definition) is 8. The predicted molar refractivity (Wildman–Crippen MR) is 131 cm³/mol. The van der Waals surface area contributed by atoms with Gasteiger partial charge in [-0.3, -0.25) is 4.68 Å². The van der Waals surface area contributed by atoms with Crippen LogP contribution in [0.2, 0.25) is 0 Å². The zero-order valence-electron chi connectivity index (χ0n) is 18.2. The Kier molecular flexibility index (Phi) is 6.41. The summed E-state index contributed by atoms with van der Waals surface area (Å²) in [6, 6.07) is 15.8. The molecule has 0 aliphatic carbocycles. The molecule has 3 aromatic heterocycles. The molecule has 0 saturated carbocycles. The number of hydrogen-bond donors (Lipinski definition) is 2. The first-order chi connectivity index (χ1) is 16.7. The second-order valence-corrected chi connectivity index (χ2v) is 8.50. The van der Waals surface area contributed by atoms with Crippen molar-refractivity contribution in [2.24, 2.45) is 5.73 Å². The van der Waals surface area contributed by atoms with Crippen molar-refractivity contribution in [3.8, 4) is 27.4 Å². The van der Waals surface area contributed by atoms with E-state index in [1.54, 1.807) is 17.1 Å². The number of aromatic nitrogens is 5. The lowest BCUT2D eigenvalue weighted by Crippen LogP contribution is -2.13. The van der Waals surface area contributed by atoms with Gasteiger partial charge in [0.2, 0.25) is 5.95 Å². The van der Waals surface area contributed by atoms with Gasteiger partial charge >= 0.3 is 0 Å².